The molecule has 0 radical (unpaired) electrons. The zero-order chi connectivity index (χ0) is 8.55. The molecule has 0 aromatic carbocycles. The van der Waals surface area contributed by atoms with Crippen LogP contribution in [0.1, 0.15) is 6.42 Å². The van der Waals surface area contributed by atoms with Crippen LogP contribution < -0.4 is 10.9 Å². The Kier molecular flexibility index (Phi) is 1.58. The molecule has 1 atom stereocenters. The molecule has 2 aliphatic rings. The first-order valence-electron chi connectivity index (χ1n) is 3.76. The Morgan fingerprint density at radius 3 is 3.33 bits per heavy atom. The molecule has 2 rings (SSSR count). The van der Waals surface area contributed by atoms with Gasteiger partial charge in [-0.1, -0.05) is 0 Å². The van der Waals surface area contributed by atoms with E-state index in [1.165, 1.54) is 0 Å². The Labute approximate surface area is 69.1 Å². The van der Waals surface area contributed by atoms with E-state index >= 15 is 0 Å². The lowest BCUT2D eigenvalue weighted by molar-refractivity contribution is -0.129. The van der Waals surface area contributed by atoms with Crippen molar-refractivity contribution in [2.45, 2.75) is 6.42 Å². The van der Waals surface area contributed by atoms with Gasteiger partial charge < -0.3 is 10.5 Å². The van der Waals surface area contributed by atoms with Gasteiger partial charge in [0.2, 0.25) is 0 Å². The largest absolute Gasteiger partial charge is 0.477 e. The Hall–Kier alpha value is -1.36. The molecule has 3 N–H and O–H groups in total. The Balaban J connectivity index is 2.20. The van der Waals surface area contributed by atoms with Crippen LogP contribution in [0.2, 0.25) is 0 Å². The van der Waals surface area contributed by atoms with Crippen LogP contribution in [0.25, 0.3) is 0 Å². The van der Waals surface area contributed by atoms with Crippen molar-refractivity contribution < 1.29 is 9.90 Å². The van der Waals surface area contributed by atoms with Gasteiger partial charge in [0.15, 0.2) is 0 Å². The highest BCUT2D eigenvalue weighted by atomic mass is 16.4. The van der Waals surface area contributed by atoms with Crippen molar-refractivity contribution in [1.82, 2.24) is 10.9 Å². The standard InChI is InChI=1S/C7H9N3O2/c11-7(12)5-1-4-2-9-10-6(4)3-8-5/h3-4,9-10H,1-2H2,(H,11,12). The second kappa shape index (κ2) is 2.60. The lowest BCUT2D eigenvalue weighted by Gasteiger charge is -2.12. The Bertz CT molecular complexity index is 282. The van der Waals surface area contributed by atoms with Gasteiger partial charge in [0.1, 0.15) is 5.71 Å². The highest BCUT2D eigenvalue weighted by Gasteiger charge is 2.27. The molecule has 1 unspecified atom stereocenters. The van der Waals surface area contributed by atoms with E-state index in [1.807, 2.05) is 0 Å². The molecular formula is C7H9N3O2. The summed E-state index contributed by atoms with van der Waals surface area (Å²) in [6.45, 7) is 0.776. The molecule has 0 bridgehead atoms. The summed E-state index contributed by atoms with van der Waals surface area (Å²) in [5, 5.41) is 8.66. The zero-order valence-corrected chi connectivity index (χ0v) is 6.37. The molecule has 1 fully saturated rings. The van der Waals surface area contributed by atoms with Crippen molar-refractivity contribution >= 4 is 11.7 Å². The fourth-order valence-corrected chi connectivity index (χ4v) is 1.38. The van der Waals surface area contributed by atoms with Gasteiger partial charge in [-0.2, -0.15) is 0 Å². The zero-order valence-electron chi connectivity index (χ0n) is 6.37. The number of hydrogen-bond donors (Lipinski definition) is 3. The maximum atomic E-state index is 10.5. The van der Waals surface area contributed by atoms with Gasteiger partial charge in [0.25, 0.3) is 0 Å². The fourth-order valence-electron chi connectivity index (χ4n) is 1.38. The predicted molar refractivity (Wildman–Crippen MR) is 42.4 cm³/mol. The van der Waals surface area contributed by atoms with Crippen molar-refractivity contribution in [3.8, 4) is 0 Å². The molecule has 0 aliphatic carbocycles. The molecule has 2 heterocycles. The average Bonchev–Trinajstić information content (AvgIpc) is 2.49. The molecule has 64 valence electrons. The number of aliphatic imine (C=N–C) groups is 1. The number of carboxylic acids is 1. The van der Waals surface area contributed by atoms with Crippen molar-refractivity contribution in [2.75, 3.05) is 6.54 Å². The van der Waals surface area contributed by atoms with E-state index in [0.717, 1.165) is 12.2 Å². The number of carboxylic acid groups (broad SMARTS) is 1. The van der Waals surface area contributed by atoms with E-state index in [4.69, 9.17) is 5.11 Å². The van der Waals surface area contributed by atoms with E-state index in [1.54, 1.807) is 6.20 Å². The second-order valence-corrected chi connectivity index (χ2v) is 2.87. The van der Waals surface area contributed by atoms with Gasteiger partial charge in [-0.15, -0.1) is 0 Å². The summed E-state index contributed by atoms with van der Waals surface area (Å²) in [4.78, 5) is 14.4. The molecule has 0 spiro atoms. The summed E-state index contributed by atoms with van der Waals surface area (Å²) < 4.78 is 0. The molecule has 5 heteroatoms. The molecule has 0 aromatic heterocycles. The molecule has 12 heavy (non-hydrogen) atoms. The summed E-state index contributed by atoms with van der Waals surface area (Å²) in [6.07, 6.45) is 2.10. The lowest BCUT2D eigenvalue weighted by atomic mass is 9.98. The van der Waals surface area contributed by atoms with Crippen LogP contribution in [0, 0.1) is 5.92 Å². The van der Waals surface area contributed by atoms with Crippen LogP contribution in [-0.2, 0) is 4.79 Å². The van der Waals surface area contributed by atoms with Crippen molar-refractivity contribution in [3.63, 3.8) is 0 Å². The third-order valence-electron chi connectivity index (χ3n) is 2.07. The van der Waals surface area contributed by atoms with Gasteiger partial charge in [-0.25, -0.2) is 10.2 Å². The Morgan fingerprint density at radius 1 is 1.75 bits per heavy atom. The van der Waals surface area contributed by atoms with Gasteiger partial charge in [0.05, 0.1) is 0 Å². The van der Waals surface area contributed by atoms with E-state index in [0.29, 0.717) is 6.42 Å². The SMILES string of the molecule is O=C(O)C1=NC=C2NNCC2C1. The van der Waals surface area contributed by atoms with Gasteiger partial charge >= 0.3 is 5.97 Å². The molecular weight excluding hydrogens is 158 g/mol. The summed E-state index contributed by atoms with van der Waals surface area (Å²) >= 11 is 0. The van der Waals surface area contributed by atoms with Crippen LogP contribution >= 0.6 is 0 Å². The fraction of sp³-hybridized carbons (Fsp3) is 0.429. The number of nitrogens with one attached hydrogen (secondary N) is 2. The van der Waals surface area contributed by atoms with E-state index in [2.05, 4.69) is 15.8 Å². The second-order valence-electron chi connectivity index (χ2n) is 2.87. The van der Waals surface area contributed by atoms with Gasteiger partial charge in [-0.3, -0.25) is 4.99 Å². The molecule has 1 saturated heterocycles. The number of aliphatic carboxylic acids is 1. The van der Waals surface area contributed by atoms with Crippen LogP contribution in [0.3, 0.4) is 0 Å². The molecule has 2 aliphatic heterocycles. The summed E-state index contributed by atoms with van der Waals surface area (Å²) in [5.74, 6) is -0.661. The number of hydrazine groups is 1. The summed E-state index contributed by atoms with van der Waals surface area (Å²) in [5.41, 5.74) is 7.10. The average molecular weight is 167 g/mol. The third kappa shape index (κ3) is 1.08. The van der Waals surface area contributed by atoms with E-state index in [-0.39, 0.29) is 11.6 Å². The topological polar surface area (TPSA) is 73.7 Å². The first-order valence-corrected chi connectivity index (χ1v) is 3.76. The predicted octanol–water partition coefficient (Wildman–Crippen LogP) is -0.519. The maximum Gasteiger partial charge on any atom is 0.350 e. The maximum absolute atomic E-state index is 10.5. The van der Waals surface area contributed by atoms with Crippen LogP contribution in [0.4, 0.5) is 0 Å². The molecule has 5 nitrogen and oxygen atoms in total. The normalized spacial score (nSPS) is 26.8. The minimum atomic E-state index is -0.919. The monoisotopic (exact) mass is 167 g/mol. The number of rotatable bonds is 1. The van der Waals surface area contributed by atoms with E-state index in [9.17, 15) is 4.79 Å². The minimum Gasteiger partial charge on any atom is -0.477 e. The van der Waals surface area contributed by atoms with Crippen molar-refractivity contribution in [1.29, 1.82) is 0 Å². The molecule has 0 saturated carbocycles. The summed E-state index contributed by atoms with van der Waals surface area (Å²) in [6, 6.07) is 0. The number of fused-ring (bicyclic) bond motifs is 1. The third-order valence-corrected chi connectivity index (χ3v) is 2.07. The first kappa shape index (κ1) is 7.30. The van der Waals surface area contributed by atoms with Crippen LogP contribution in [0.15, 0.2) is 16.9 Å². The smallest absolute Gasteiger partial charge is 0.350 e. The van der Waals surface area contributed by atoms with Crippen LogP contribution in [-0.4, -0.2) is 23.3 Å². The first-order chi connectivity index (χ1) is 5.77. The minimum absolute atomic E-state index is 0.245. The number of nitrogens with zero attached hydrogens (tertiary/aromatic N) is 1. The van der Waals surface area contributed by atoms with Gasteiger partial charge in [-0.05, 0) is 0 Å². The summed E-state index contributed by atoms with van der Waals surface area (Å²) in [7, 11) is 0. The highest BCUT2D eigenvalue weighted by molar-refractivity contribution is 6.36. The molecule has 0 aromatic rings. The Morgan fingerprint density at radius 2 is 2.58 bits per heavy atom. The number of hydrogen-bond acceptors (Lipinski definition) is 4. The highest BCUT2D eigenvalue weighted by Crippen LogP contribution is 2.20. The molecule has 0 amide bonds. The lowest BCUT2D eigenvalue weighted by Crippen LogP contribution is -2.22. The quantitative estimate of drug-likeness (QED) is 0.491. The van der Waals surface area contributed by atoms with Gasteiger partial charge in [0, 0.05) is 30.8 Å². The van der Waals surface area contributed by atoms with Crippen molar-refractivity contribution in [3.05, 3.63) is 11.9 Å². The van der Waals surface area contributed by atoms with Crippen LogP contribution in [0.5, 0.6) is 0 Å². The van der Waals surface area contributed by atoms with E-state index < -0.39 is 5.97 Å². The van der Waals surface area contributed by atoms with Crippen molar-refractivity contribution in [2.24, 2.45) is 10.9 Å². The number of carbonyl (C=O) groups is 1.